The summed E-state index contributed by atoms with van der Waals surface area (Å²) in [5.41, 5.74) is 1.42. The molecule has 9 heteroatoms. The number of hydrogen-bond donors (Lipinski definition) is 1. The predicted octanol–water partition coefficient (Wildman–Crippen LogP) is 2.80. The molecule has 2 unspecified atom stereocenters. The summed E-state index contributed by atoms with van der Waals surface area (Å²) in [7, 11) is -3.47. The van der Waals surface area contributed by atoms with Crippen LogP contribution >= 0.6 is 11.3 Å². The van der Waals surface area contributed by atoms with Gasteiger partial charge in [-0.15, -0.1) is 11.3 Å². The topological polar surface area (TPSA) is 92.8 Å². The molecule has 7 nitrogen and oxygen atoms in total. The van der Waals surface area contributed by atoms with E-state index >= 15 is 0 Å². The summed E-state index contributed by atoms with van der Waals surface area (Å²) in [6.07, 6.45) is 5.82. The summed E-state index contributed by atoms with van der Waals surface area (Å²) in [6, 6.07) is -0.739. The Labute approximate surface area is 170 Å². The molecule has 1 aliphatic heterocycles. The summed E-state index contributed by atoms with van der Waals surface area (Å²) < 4.78 is 30.7. The maximum atomic E-state index is 13.0. The molecule has 156 valence electrons. The van der Waals surface area contributed by atoms with Gasteiger partial charge in [0.25, 0.3) is 0 Å². The van der Waals surface area contributed by atoms with Crippen LogP contribution in [0.2, 0.25) is 0 Å². The average Bonchev–Trinajstić information content (AvgIpc) is 2.98. The summed E-state index contributed by atoms with van der Waals surface area (Å²) in [4.78, 5) is 26.7. The lowest BCUT2D eigenvalue weighted by Crippen LogP contribution is -2.49. The lowest BCUT2D eigenvalue weighted by molar-refractivity contribution is -0.120. The number of thiophene rings is 1. The van der Waals surface area contributed by atoms with Gasteiger partial charge in [0, 0.05) is 11.4 Å². The molecule has 1 aromatic heterocycles. The molecule has 1 saturated heterocycles. The van der Waals surface area contributed by atoms with Crippen LogP contribution in [0.25, 0.3) is 0 Å². The van der Waals surface area contributed by atoms with Gasteiger partial charge in [-0.25, -0.2) is 13.2 Å². The van der Waals surface area contributed by atoms with Crippen LogP contribution in [0.3, 0.4) is 0 Å². The molecule has 0 spiro atoms. The van der Waals surface area contributed by atoms with Crippen molar-refractivity contribution < 1.29 is 22.7 Å². The van der Waals surface area contributed by atoms with E-state index in [0.717, 1.165) is 48.8 Å². The monoisotopic (exact) mass is 428 g/mol. The van der Waals surface area contributed by atoms with Crippen molar-refractivity contribution in [2.75, 3.05) is 24.7 Å². The largest absolute Gasteiger partial charge is 0.462 e. The Kier molecular flexibility index (Phi) is 6.46. The third kappa shape index (κ3) is 4.41. The molecule has 1 aliphatic carbocycles. The van der Waals surface area contributed by atoms with E-state index in [1.54, 1.807) is 6.92 Å². The third-order valence-electron chi connectivity index (χ3n) is 5.41. The maximum Gasteiger partial charge on any atom is 0.341 e. The van der Waals surface area contributed by atoms with Crippen molar-refractivity contribution in [1.82, 2.24) is 4.31 Å². The number of anilines is 1. The molecular weight excluding hydrogens is 400 g/mol. The van der Waals surface area contributed by atoms with Crippen molar-refractivity contribution in [3.8, 4) is 0 Å². The molecule has 0 bridgehead atoms. The molecule has 0 saturated carbocycles. The van der Waals surface area contributed by atoms with Crippen LogP contribution in [-0.4, -0.2) is 50.0 Å². The van der Waals surface area contributed by atoms with Gasteiger partial charge < -0.3 is 10.1 Å². The Hall–Kier alpha value is -1.45. The second kappa shape index (κ2) is 8.51. The van der Waals surface area contributed by atoms with Crippen LogP contribution < -0.4 is 5.32 Å². The van der Waals surface area contributed by atoms with Crippen LogP contribution in [0.1, 0.15) is 60.3 Å². The molecule has 1 aromatic rings. The number of nitrogens with zero attached hydrogens (tertiary/aromatic N) is 1. The Morgan fingerprint density at radius 1 is 1.29 bits per heavy atom. The van der Waals surface area contributed by atoms with Crippen molar-refractivity contribution in [3.63, 3.8) is 0 Å². The zero-order valence-electron chi connectivity index (χ0n) is 16.6. The van der Waals surface area contributed by atoms with Crippen LogP contribution in [0.5, 0.6) is 0 Å². The fraction of sp³-hybridized carbons (Fsp3) is 0.684. The number of sulfonamides is 1. The van der Waals surface area contributed by atoms with E-state index in [-0.39, 0.29) is 12.5 Å². The number of piperidine rings is 1. The van der Waals surface area contributed by atoms with Crippen molar-refractivity contribution in [2.45, 2.75) is 58.4 Å². The SMILES string of the molecule is CCOC(=O)c1c(NC(=O)C2CCCCN2S(C)(=O)=O)sc2c1CCC(C)C2. The number of rotatable bonds is 5. The van der Waals surface area contributed by atoms with Gasteiger partial charge in [-0.2, -0.15) is 4.31 Å². The number of amides is 1. The molecule has 2 atom stereocenters. The lowest BCUT2D eigenvalue weighted by Gasteiger charge is -2.32. The molecule has 1 fully saturated rings. The molecule has 2 aliphatic rings. The number of carbonyl (C=O) groups excluding carboxylic acids is 2. The number of ether oxygens (including phenoxy) is 1. The lowest BCUT2D eigenvalue weighted by atomic mass is 9.88. The number of esters is 1. The standard InChI is InChI=1S/C19H28N2O5S2/c1-4-26-19(23)16-13-9-8-12(2)11-15(13)27-18(16)20-17(22)14-7-5-6-10-21(14)28(3,24)25/h12,14H,4-11H2,1-3H3,(H,20,22). The summed E-state index contributed by atoms with van der Waals surface area (Å²) in [6.45, 7) is 4.54. The Morgan fingerprint density at radius 3 is 2.71 bits per heavy atom. The highest BCUT2D eigenvalue weighted by molar-refractivity contribution is 7.88. The minimum atomic E-state index is -3.47. The first-order valence-electron chi connectivity index (χ1n) is 9.81. The molecule has 2 heterocycles. The minimum absolute atomic E-state index is 0.262. The smallest absolute Gasteiger partial charge is 0.341 e. The average molecular weight is 429 g/mol. The van der Waals surface area contributed by atoms with Crippen molar-refractivity contribution in [1.29, 1.82) is 0 Å². The van der Waals surface area contributed by atoms with Crippen LogP contribution in [0, 0.1) is 5.92 Å². The summed E-state index contributed by atoms with van der Waals surface area (Å²) >= 11 is 1.42. The van der Waals surface area contributed by atoms with Gasteiger partial charge in [-0.3, -0.25) is 4.79 Å². The van der Waals surface area contributed by atoms with Crippen molar-refractivity contribution >= 4 is 38.2 Å². The van der Waals surface area contributed by atoms with E-state index in [2.05, 4.69) is 12.2 Å². The number of carbonyl (C=O) groups is 2. The van der Waals surface area contributed by atoms with E-state index in [9.17, 15) is 18.0 Å². The first-order chi connectivity index (χ1) is 13.2. The number of nitrogens with one attached hydrogen (secondary N) is 1. The van der Waals surface area contributed by atoms with Gasteiger partial charge in [-0.1, -0.05) is 13.3 Å². The second-order valence-electron chi connectivity index (χ2n) is 7.65. The van der Waals surface area contributed by atoms with Gasteiger partial charge in [-0.05, 0) is 50.5 Å². The maximum absolute atomic E-state index is 13.0. The molecule has 28 heavy (non-hydrogen) atoms. The molecule has 0 aromatic carbocycles. The van der Waals surface area contributed by atoms with Crippen LogP contribution in [0.15, 0.2) is 0 Å². The molecule has 1 N–H and O–H groups in total. The quantitative estimate of drug-likeness (QED) is 0.728. The normalized spacial score (nSPS) is 23.1. The Bertz CT molecular complexity index is 862. The van der Waals surface area contributed by atoms with Gasteiger partial charge in [0.1, 0.15) is 11.0 Å². The molecular formula is C19H28N2O5S2. The first-order valence-corrected chi connectivity index (χ1v) is 12.5. The zero-order valence-corrected chi connectivity index (χ0v) is 18.2. The molecule has 0 radical (unpaired) electrons. The highest BCUT2D eigenvalue weighted by Gasteiger charge is 2.36. The zero-order chi connectivity index (χ0) is 20.5. The fourth-order valence-electron chi connectivity index (χ4n) is 4.02. The Morgan fingerprint density at radius 2 is 2.04 bits per heavy atom. The molecule has 1 amide bonds. The van der Waals surface area contributed by atoms with Gasteiger partial charge in [0.2, 0.25) is 15.9 Å². The number of hydrogen-bond acceptors (Lipinski definition) is 6. The summed E-state index contributed by atoms with van der Waals surface area (Å²) in [5, 5.41) is 3.35. The van der Waals surface area contributed by atoms with E-state index in [1.165, 1.54) is 15.6 Å². The van der Waals surface area contributed by atoms with E-state index < -0.39 is 22.0 Å². The Balaban J connectivity index is 1.90. The highest BCUT2D eigenvalue weighted by Crippen LogP contribution is 2.40. The van der Waals surface area contributed by atoms with Gasteiger partial charge in [0.05, 0.1) is 18.4 Å². The molecule has 3 rings (SSSR count). The summed E-state index contributed by atoms with van der Waals surface area (Å²) in [5.74, 6) is -0.264. The van der Waals surface area contributed by atoms with Crippen molar-refractivity contribution in [2.24, 2.45) is 5.92 Å². The second-order valence-corrected chi connectivity index (χ2v) is 10.7. The first kappa shape index (κ1) is 21.3. The minimum Gasteiger partial charge on any atom is -0.462 e. The van der Waals surface area contributed by atoms with Gasteiger partial charge >= 0.3 is 5.97 Å². The van der Waals surface area contributed by atoms with E-state index in [4.69, 9.17) is 4.74 Å². The third-order valence-corrected chi connectivity index (χ3v) is 7.87. The van der Waals surface area contributed by atoms with Crippen molar-refractivity contribution in [3.05, 3.63) is 16.0 Å². The van der Waals surface area contributed by atoms with Gasteiger partial charge in [0.15, 0.2) is 0 Å². The predicted molar refractivity (Wildman–Crippen MR) is 109 cm³/mol. The highest BCUT2D eigenvalue weighted by atomic mass is 32.2. The van der Waals surface area contributed by atoms with Crippen LogP contribution in [0.4, 0.5) is 5.00 Å². The van der Waals surface area contributed by atoms with E-state index in [1.807, 2.05) is 0 Å². The van der Waals surface area contributed by atoms with E-state index in [0.29, 0.717) is 29.4 Å². The van der Waals surface area contributed by atoms with Crippen LogP contribution in [-0.2, 0) is 32.4 Å². The number of fused-ring (bicyclic) bond motifs is 1. The fourth-order valence-corrected chi connectivity index (χ4v) is 6.54.